The Labute approximate surface area is 153 Å². The van der Waals surface area contributed by atoms with Gasteiger partial charge in [-0.15, -0.1) is 0 Å². The van der Waals surface area contributed by atoms with Crippen molar-refractivity contribution in [3.05, 3.63) is 35.4 Å². The van der Waals surface area contributed by atoms with Gasteiger partial charge < -0.3 is 11.1 Å². The van der Waals surface area contributed by atoms with Crippen molar-refractivity contribution in [2.75, 3.05) is 19.6 Å². The minimum Gasteiger partial charge on any atom is -0.352 e. The van der Waals surface area contributed by atoms with Crippen molar-refractivity contribution in [2.24, 2.45) is 5.73 Å². The molecular formula is C21H35N3O. The van der Waals surface area contributed by atoms with Crippen LogP contribution >= 0.6 is 0 Å². The zero-order valence-corrected chi connectivity index (χ0v) is 15.6. The molecule has 4 nitrogen and oxygen atoms in total. The molecule has 140 valence electrons. The van der Waals surface area contributed by atoms with Gasteiger partial charge in [0.25, 0.3) is 0 Å². The Balaban J connectivity index is 1.70. The number of nitrogens with one attached hydrogen (secondary N) is 1. The second-order valence-electron chi connectivity index (χ2n) is 7.24. The van der Waals surface area contributed by atoms with Crippen molar-refractivity contribution >= 4 is 5.91 Å². The predicted octanol–water partition coefficient (Wildman–Crippen LogP) is 3.59. The molecule has 4 heteroatoms. The summed E-state index contributed by atoms with van der Waals surface area (Å²) in [4.78, 5) is 14.5. The third kappa shape index (κ3) is 8.50. The lowest BCUT2D eigenvalue weighted by atomic mass is 10.1. The van der Waals surface area contributed by atoms with Gasteiger partial charge >= 0.3 is 0 Å². The highest BCUT2D eigenvalue weighted by atomic mass is 16.1. The van der Waals surface area contributed by atoms with Crippen LogP contribution in [-0.4, -0.2) is 30.4 Å². The molecule has 1 heterocycles. The number of likely N-dealkylation sites (tertiary alicyclic amines) is 1. The van der Waals surface area contributed by atoms with Gasteiger partial charge in [0.1, 0.15) is 0 Å². The van der Waals surface area contributed by atoms with Crippen molar-refractivity contribution in [3.63, 3.8) is 0 Å². The highest BCUT2D eigenvalue weighted by Gasteiger charge is 2.09. The molecule has 1 aliphatic heterocycles. The second-order valence-corrected chi connectivity index (χ2v) is 7.24. The third-order valence-electron chi connectivity index (χ3n) is 4.94. The Bertz CT molecular complexity index is 496. The molecule has 0 spiro atoms. The SMILES string of the molecule is NCCCCCCC(=O)NCc1cccc(CN2CCCCCC2)c1. The summed E-state index contributed by atoms with van der Waals surface area (Å²) in [5.74, 6) is 0.158. The summed E-state index contributed by atoms with van der Waals surface area (Å²) in [6, 6.07) is 8.66. The van der Waals surface area contributed by atoms with Gasteiger partial charge in [0, 0.05) is 19.5 Å². The van der Waals surface area contributed by atoms with E-state index < -0.39 is 0 Å². The highest BCUT2D eigenvalue weighted by Crippen LogP contribution is 2.14. The first-order valence-electron chi connectivity index (χ1n) is 10.0. The first-order valence-corrected chi connectivity index (χ1v) is 10.0. The number of benzene rings is 1. The topological polar surface area (TPSA) is 58.4 Å². The maximum Gasteiger partial charge on any atom is 0.220 e. The van der Waals surface area contributed by atoms with Crippen molar-refractivity contribution < 1.29 is 4.79 Å². The molecule has 3 N–H and O–H groups in total. The lowest BCUT2D eigenvalue weighted by Crippen LogP contribution is -2.24. The number of nitrogens with two attached hydrogens (primary N) is 1. The summed E-state index contributed by atoms with van der Waals surface area (Å²) in [5, 5.41) is 3.05. The Morgan fingerprint density at radius 2 is 1.72 bits per heavy atom. The molecule has 1 saturated heterocycles. The largest absolute Gasteiger partial charge is 0.352 e. The summed E-state index contributed by atoms with van der Waals surface area (Å²) >= 11 is 0. The number of hydrogen-bond acceptors (Lipinski definition) is 3. The number of rotatable bonds is 10. The first-order chi connectivity index (χ1) is 12.3. The van der Waals surface area contributed by atoms with E-state index in [0.29, 0.717) is 13.0 Å². The van der Waals surface area contributed by atoms with E-state index in [2.05, 4.69) is 34.5 Å². The first kappa shape index (κ1) is 19.9. The molecule has 0 aromatic heterocycles. The Morgan fingerprint density at radius 1 is 1.00 bits per heavy atom. The van der Waals surface area contributed by atoms with Gasteiger partial charge in [-0.1, -0.05) is 49.9 Å². The highest BCUT2D eigenvalue weighted by molar-refractivity contribution is 5.75. The fourth-order valence-electron chi connectivity index (χ4n) is 3.46. The van der Waals surface area contributed by atoms with Gasteiger partial charge in [0.2, 0.25) is 5.91 Å². The number of amides is 1. The van der Waals surface area contributed by atoms with Crippen LogP contribution in [-0.2, 0) is 17.9 Å². The van der Waals surface area contributed by atoms with E-state index in [4.69, 9.17) is 5.73 Å². The van der Waals surface area contributed by atoms with Gasteiger partial charge in [-0.2, -0.15) is 0 Å². The van der Waals surface area contributed by atoms with Crippen molar-refractivity contribution in [1.29, 1.82) is 0 Å². The molecule has 2 rings (SSSR count). The quantitative estimate of drug-likeness (QED) is 0.637. The number of nitrogens with zero attached hydrogens (tertiary/aromatic N) is 1. The van der Waals surface area contributed by atoms with Crippen molar-refractivity contribution in [3.8, 4) is 0 Å². The van der Waals surface area contributed by atoms with Gasteiger partial charge in [0.15, 0.2) is 0 Å². The predicted molar refractivity (Wildman–Crippen MR) is 104 cm³/mol. The fraction of sp³-hybridized carbons (Fsp3) is 0.667. The van der Waals surface area contributed by atoms with Gasteiger partial charge in [-0.05, 0) is 56.4 Å². The number of hydrogen-bond donors (Lipinski definition) is 2. The molecule has 0 aliphatic carbocycles. The minimum absolute atomic E-state index is 0.158. The molecule has 25 heavy (non-hydrogen) atoms. The Kier molecular flexibility index (Phi) is 9.60. The maximum atomic E-state index is 11.9. The molecule has 0 radical (unpaired) electrons. The molecular weight excluding hydrogens is 310 g/mol. The second kappa shape index (κ2) is 12.0. The molecule has 1 aromatic carbocycles. The van der Waals surface area contributed by atoms with Gasteiger partial charge in [-0.25, -0.2) is 0 Å². The van der Waals surface area contributed by atoms with E-state index in [1.165, 1.54) is 49.9 Å². The standard InChI is InChI=1S/C21H35N3O/c22-13-6-2-1-5-12-21(25)23-17-19-10-9-11-20(16-19)18-24-14-7-3-4-8-15-24/h9-11,16H,1-8,12-15,17-18,22H2,(H,23,25). The molecule has 1 fully saturated rings. The summed E-state index contributed by atoms with van der Waals surface area (Å²) in [6.07, 6.45) is 10.2. The lowest BCUT2D eigenvalue weighted by Gasteiger charge is -2.20. The zero-order valence-electron chi connectivity index (χ0n) is 15.6. The monoisotopic (exact) mass is 345 g/mol. The van der Waals surface area contributed by atoms with Crippen LogP contribution in [0.3, 0.4) is 0 Å². The average molecular weight is 346 g/mol. The van der Waals surface area contributed by atoms with Crippen LogP contribution in [0.4, 0.5) is 0 Å². The summed E-state index contributed by atoms with van der Waals surface area (Å²) in [6.45, 7) is 4.84. The van der Waals surface area contributed by atoms with Crippen LogP contribution in [0.5, 0.6) is 0 Å². The minimum atomic E-state index is 0.158. The molecule has 1 aromatic rings. The van der Waals surface area contributed by atoms with Gasteiger partial charge in [-0.3, -0.25) is 9.69 Å². The smallest absolute Gasteiger partial charge is 0.220 e. The van der Waals surface area contributed by atoms with Crippen molar-refractivity contribution in [2.45, 2.75) is 70.9 Å². The van der Waals surface area contributed by atoms with Crippen LogP contribution in [0, 0.1) is 0 Å². The molecule has 1 amide bonds. The fourth-order valence-corrected chi connectivity index (χ4v) is 3.46. The summed E-state index contributed by atoms with van der Waals surface area (Å²) in [5.41, 5.74) is 8.03. The van der Waals surface area contributed by atoms with Gasteiger partial charge in [0.05, 0.1) is 0 Å². The molecule has 0 bridgehead atoms. The van der Waals surface area contributed by atoms with Crippen molar-refractivity contribution in [1.82, 2.24) is 10.2 Å². The summed E-state index contributed by atoms with van der Waals surface area (Å²) < 4.78 is 0. The van der Waals surface area contributed by atoms with Crippen LogP contribution in [0.15, 0.2) is 24.3 Å². The normalized spacial score (nSPS) is 15.7. The van der Waals surface area contributed by atoms with Crippen LogP contribution in [0.2, 0.25) is 0 Å². The summed E-state index contributed by atoms with van der Waals surface area (Å²) in [7, 11) is 0. The van der Waals surface area contributed by atoms with E-state index in [0.717, 1.165) is 38.8 Å². The van der Waals surface area contributed by atoms with Crippen LogP contribution in [0.1, 0.15) is 68.9 Å². The van der Waals surface area contributed by atoms with E-state index in [1.54, 1.807) is 0 Å². The number of carbonyl (C=O) groups is 1. The van der Waals surface area contributed by atoms with E-state index in [-0.39, 0.29) is 5.91 Å². The number of carbonyl (C=O) groups excluding carboxylic acids is 1. The zero-order chi connectivity index (χ0) is 17.7. The van der Waals surface area contributed by atoms with Crippen LogP contribution < -0.4 is 11.1 Å². The molecule has 0 unspecified atom stereocenters. The van der Waals surface area contributed by atoms with Crippen LogP contribution in [0.25, 0.3) is 0 Å². The third-order valence-corrected chi connectivity index (χ3v) is 4.94. The number of unbranched alkanes of at least 4 members (excludes halogenated alkanes) is 3. The van der Waals surface area contributed by atoms with E-state index in [9.17, 15) is 4.79 Å². The Hall–Kier alpha value is -1.39. The molecule has 1 aliphatic rings. The lowest BCUT2D eigenvalue weighted by molar-refractivity contribution is -0.121. The average Bonchev–Trinajstić information content (AvgIpc) is 2.89. The molecule has 0 atom stereocenters. The molecule has 0 saturated carbocycles. The van der Waals surface area contributed by atoms with E-state index >= 15 is 0 Å². The Morgan fingerprint density at radius 3 is 2.48 bits per heavy atom. The maximum absolute atomic E-state index is 11.9. The van der Waals surface area contributed by atoms with E-state index in [1.807, 2.05) is 0 Å².